The summed E-state index contributed by atoms with van der Waals surface area (Å²) < 4.78 is 0. The highest BCUT2D eigenvalue weighted by atomic mass is 127. The molecule has 1 aromatic rings. The van der Waals surface area contributed by atoms with Crippen molar-refractivity contribution in [2.45, 2.75) is 13.5 Å². The number of hydrogen-bond acceptors (Lipinski definition) is 3. The van der Waals surface area contributed by atoms with E-state index in [0.29, 0.717) is 19.0 Å². The number of rotatable bonds is 5. The van der Waals surface area contributed by atoms with Gasteiger partial charge in [-0.3, -0.25) is 4.79 Å². The van der Waals surface area contributed by atoms with Crippen LogP contribution in [0.15, 0.2) is 35.3 Å². The molecule has 0 atom stereocenters. The normalized spacial score (nSPS) is 15.0. The van der Waals surface area contributed by atoms with Crippen molar-refractivity contribution in [1.82, 2.24) is 9.80 Å². The van der Waals surface area contributed by atoms with Crippen LogP contribution >= 0.6 is 35.7 Å². The van der Waals surface area contributed by atoms with Crippen molar-refractivity contribution in [2.75, 3.05) is 37.7 Å². The summed E-state index contributed by atoms with van der Waals surface area (Å²) in [5.41, 5.74) is 7.11. The van der Waals surface area contributed by atoms with E-state index in [1.165, 1.54) is 0 Å². The second-order valence-electron chi connectivity index (χ2n) is 5.17. The number of benzene rings is 1. The van der Waals surface area contributed by atoms with Gasteiger partial charge in [0.15, 0.2) is 5.96 Å². The lowest BCUT2D eigenvalue weighted by Gasteiger charge is -2.27. The van der Waals surface area contributed by atoms with Gasteiger partial charge in [-0.1, -0.05) is 30.3 Å². The van der Waals surface area contributed by atoms with Crippen molar-refractivity contribution >= 4 is 47.6 Å². The molecule has 1 aromatic carbocycles. The standard InChI is InChI=1S/C16H24N4OS.HI/c1-2-19(13-14-6-4-3-5-7-14)15(21)12-18-16(17)20-8-10-22-11-9-20;/h3-7H,2,8-13H2,1H3,(H2,17,18);1H. The van der Waals surface area contributed by atoms with E-state index in [0.717, 1.165) is 30.2 Å². The van der Waals surface area contributed by atoms with Gasteiger partial charge in [0.2, 0.25) is 5.91 Å². The van der Waals surface area contributed by atoms with E-state index in [4.69, 9.17) is 5.73 Å². The Morgan fingerprint density at radius 1 is 1.30 bits per heavy atom. The Bertz CT molecular complexity index is 506. The third kappa shape index (κ3) is 6.58. The molecule has 7 heteroatoms. The summed E-state index contributed by atoms with van der Waals surface area (Å²) in [6.45, 7) is 5.22. The van der Waals surface area contributed by atoms with Crippen LogP contribution in [0.25, 0.3) is 0 Å². The third-order valence-corrected chi connectivity index (χ3v) is 4.60. The van der Waals surface area contributed by atoms with Crippen LogP contribution in [-0.4, -0.2) is 59.4 Å². The molecule has 0 aliphatic carbocycles. The van der Waals surface area contributed by atoms with E-state index in [2.05, 4.69) is 9.89 Å². The van der Waals surface area contributed by atoms with Crippen LogP contribution < -0.4 is 5.73 Å². The largest absolute Gasteiger partial charge is 0.370 e. The predicted molar refractivity (Wildman–Crippen MR) is 108 cm³/mol. The van der Waals surface area contributed by atoms with Crippen LogP contribution in [0.1, 0.15) is 12.5 Å². The fraction of sp³-hybridized carbons (Fsp3) is 0.500. The fourth-order valence-electron chi connectivity index (χ4n) is 2.32. The summed E-state index contributed by atoms with van der Waals surface area (Å²) in [4.78, 5) is 20.4. The van der Waals surface area contributed by atoms with Crippen LogP contribution in [0.2, 0.25) is 0 Å². The maximum Gasteiger partial charge on any atom is 0.244 e. The maximum atomic E-state index is 12.3. The Labute approximate surface area is 159 Å². The Morgan fingerprint density at radius 3 is 2.57 bits per heavy atom. The van der Waals surface area contributed by atoms with E-state index in [1.807, 2.05) is 49.0 Å². The number of halogens is 1. The number of nitrogens with zero attached hydrogens (tertiary/aromatic N) is 3. The molecular weight excluding hydrogens is 423 g/mol. The Hall–Kier alpha value is -0.960. The lowest BCUT2D eigenvalue weighted by Crippen LogP contribution is -2.43. The molecule has 0 saturated carbocycles. The average Bonchev–Trinajstić information content (AvgIpc) is 2.59. The molecule has 1 amide bonds. The van der Waals surface area contributed by atoms with Crippen molar-refractivity contribution in [3.63, 3.8) is 0 Å². The molecule has 0 spiro atoms. The molecule has 1 aliphatic rings. The Kier molecular flexibility index (Phi) is 9.39. The number of carbonyl (C=O) groups excluding carboxylic acids is 1. The molecule has 1 fully saturated rings. The van der Waals surface area contributed by atoms with E-state index >= 15 is 0 Å². The highest BCUT2D eigenvalue weighted by molar-refractivity contribution is 14.0. The predicted octanol–water partition coefficient (Wildman–Crippen LogP) is 2.02. The monoisotopic (exact) mass is 448 g/mol. The summed E-state index contributed by atoms with van der Waals surface area (Å²) in [5, 5.41) is 0. The van der Waals surface area contributed by atoms with Gasteiger partial charge in [0.25, 0.3) is 0 Å². The van der Waals surface area contributed by atoms with Gasteiger partial charge >= 0.3 is 0 Å². The second kappa shape index (κ2) is 10.7. The van der Waals surface area contributed by atoms with Gasteiger partial charge in [-0.15, -0.1) is 24.0 Å². The van der Waals surface area contributed by atoms with E-state index < -0.39 is 0 Å². The minimum Gasteiger partial charge on any atom is -0.370 e. The Morgan fingerprint density at radius 2 is 1.96 bits per heavy atom. The minimum atomic E-state index is 0. The van der Waals surface area contributed by atoms with E-state index in [-0.39, 0.29) is 36.4 Å². The molecule has 1 saturated heterocycles. The number of amides is 1. The minimum absolute atomic E-state index is 0. The molecule has 0 aromatic heterocycles. The van der Waals surface area contributed by atoms with Gasteiger partial charge in [-0.25, -0.2) is 4.99 Å². The topological polar surface area (TPSA) is 61.9 Å². The van der Waals surface area contributed by atoms with Crippen LogP contribution in [0.5, 0.6) is 0 Å². The summed E-state index contributed by atoms with van der Waals surface area (Å²) in [6, 6.07) is 10.00. The zero-order valence-electron chi connectivity index (χ0n) is 13.5. The number of nitrogens with two attached hydrogens (primary N) is 1. The number of carbonyl (C=O) groups is 1. The molecule has 128 valence electrons. The molecule has 5 nitrogen and oxygen atoms in total. The van der Waals surface area contributed by atoms with Crippen molar-refractivity contribution in [2.24, 2.45) is 10.7 Å². The number of thioether (sulfide) groups is 1. The van der Waals surface area contributed by atoms with Crippen molar-refractivity contribution in [3.8, 4) is 0 Å². The number of hydrogen-bond donors (Lipinski definition) is 1. The molecule has 23 heavy (non-hydrogen) atoms. The molecule has 0 radical (unpaired) electrons. The zero-order valence-corrected chi connectivity index (χ0v) is 16.6. The van der Waals surface area contributed by atoms with Gasteiger partial charge in [-0.05, 0) is 12.5 Å². The average molecular weight is 448 g/mol. The molecule has 2 N–H and O–H groups in total. The summed E-state index contributed by atoms with van der Waals surface area (Å²) in [6.07, 6.45) is 0. The summed E-state index contributed by atoms with van der Waals surface area (Å²) in [5.74, 6) is 2.64. The smallest absolute Gasteiger partial charge is 0.244 e. The summed E-state index contributed by atoms with van der Waals surface area (Å²) in [7, 11) is 0. The molecule has 1 aliphatic heterocycles. The van der Waals surface area contributed by atoms with Crippen molar-refractivity contribution < 1.29 is 4.79 Å². The zero-order chi connectivity index (χ0) is 15.8. The Balaban J connectivity index is 0.00000264. The van der Waals surface area contributed by atoms with E-state index in [1.54, 1.807) is 4.90 Å². The van der Waals surface area contributed by atoms with Crippen LogP contribution in [-0.2, 0) is 11.3 Å². The van der Waals surface area contributed by atoms with Gasteiger partial charge < -0.3 is 15.5 Å². The number of likely N-dealkylation sites (N-methyl/N-ethyl adjacent to an activating group) is 1. The molecule has 2 rings (SSSR count). The molecular formula is C16H25IN4OS. The lowest BCUT2D eigenvalue weighted by atomic mass is 10.2. The number of aliphatic imine (C=N–C) groups is 1. The highest BCUT2D eigenvalue weighted by Crippen LogP contribution is 2.09. The first kappa shape index (κ1) is 20.1. The van der Waals surface area contributed by atoms with Crippen LogP contribution in [0, 0.1) is 0 Å². The number of guanidine groups is 1. The first-order valence-electron chi connectivity index (χ1n) is 7.65. The summed E-state index contributed by atoms with van der Waals surface area (Å²) >= 11 is 1.92. The van der Waals surface area contributed by atoms with Gasteiger partial charge in [0.1, 0.15) is 6.54 Å². The van der Waals surface area contributed by atoms with Gasteiger partial charge in [0.05, 0.1) is 0 Å². The SMILES string of the molecule is CCN(Cc1ccccc1)C(=O)CN=C(N)N1CCSCC1.I. The fourth-order valence-corrected chi connectivity index (χ4v) is 3.22. The van der Waals surface area contributed by atoms with Crippen LogP contribution in [0.3, 0.4) is 0 Å². The first-order chi connectivity index (χ1) is 10.7. The quantitative estimate of drug-likeness (QED) is 0.426. The third-order valence-electron chi connectivity index (χ3n) is 3.66. The van der Waals surface area contributed by atoms with Crippen molar-refractivity contribution in [3.05, 3.63) is 35.9 Å². The molecule has 0 unspecified atom stereocenters. The van der Waals surface area contributed by atoms with E-state index in [9.17, 15) is 4.79 Å². The van der Waals surface area contributed by atoms with Gasteiger partial charge in [0, 0.05) is 37.7 Å². The van der Waals surface area contributed by atoms with Crippen molar-refractivity contribution in [1.29, 1.82) is 0 Å². The van der Waals surface area contributed by atoms with Crippen LogP contribution in [0.4, 0.5) is 0 Å². The molecule has 0 bridgehead atoms. The first-order valence-corrected chi connectivity index (χ1v) is 8.80. The maximum absolute atomic E-state index is 12.3. The second-order valence-corrected chi connectivity index (χ2v) is 6.39. The van der Waals surface area contributed by atoms with Gasteiger partial charge in [-0.2, -0.15) is 11.8 Å². The molecule has 1 heterocycles. The highest BCUT2D eigenvalue weighted by Gasteiger charge is 2.15. The lowest BCUT2D eigenvalue weighted by molar-refractivity contribution is -0.130.